The zero-order chi connectivity index (χ0) is 14.4. The SMILES string of the molecule is CNC(=O)C1CCCN1C(=O)NC(COC)C(=O)O. The van der Waals surface area contributed by atoms with Crippen LogP contribution >= 0.6 is 0 Å². The third-order valence-corrected chi connectivity index (χ3v) is 2.99. The highest BCUT2D eigenvalue weighted by Gasteiger charge is 2.35. The van der Waals surface area contributed by atoms with Crippen molar-refractivity contribution in [3.05, 3.63) is 0 Å². The van der Waals surface area contributed by atoms with E-state index < -0.39 is 24.1 Å². The van der Waals surface area contributed by atoms with E-state index in [4.69, 9.17) is 9.84 Å². The van der Waals surface area contributed by atoms with Gasteiger partial charge in [-0.1, -0.05) is 0 Å². The van der Waals surface area contributed by atoms with Crippen molar-refractivity contribution in [2.75, 3.05) is 27.3 Å². The lowest BCUT2D eigenvalue weighted by Crippen LogP contribution is -2.53. The largest absolute Gasteiger partial charge is 0.480 e. The number of urea groups is 1. The van der Waals surface area contributed by atoms with Gasteiger partial charge in [-0.05, 0) is 12.8 Å². The van der Waals surface area contributed by atoms with E-state index in [9.17, 15) is 14.4 Å². The molecule has 0 aromatic carbocycles. The normalized spacial score (nSPS) is 19.9. The molecule has 0 aliphatic carbocycles. The molecule has 0 radical (unpaired) electrons. The molecule has 1 saturated heterocycles. The molecule has 0 bridgehead atoms. The van der Waals surface area contributed by atoms with E-state index in [1.807, 2.05) is 0 Å². The van der Waals surface area contributed by atoms with Gasteiger partial charge < -0.3 is 25.4 Å². The summed E-state index contributed by atoms with van der Waals surface area (Å²) in [7, 11) is 2.85. The van der Waals surface area contributed by atoms with Crippen LogP contribution in [0.5, 0.6) is 0 Å². The molecule has 1 rings (SSSR count). The Morgan fingerprint density at radius 2 is 2.16 bits per heavy atom. The van der Waals surface area contributed by atoms with Crippen LogP contribution in [0.3, 0.4) is 0 Å². The first kappa shape index (κ1) is 15.2. The number of likely N-dealkylation sites (tertiary alicyclic amines) is 1. The van der Waals surface area contributed by atoms with Crippen molar-refractivity contribution in [2.24, 2.45) is 0 Å². The number of carbonyl (C=O) groups excluding carboxylic acids is 2. The van der Waals surface area contributed by atoms with E-state index in [1.54, 1.807) is 0 Å². The minimum Gasteiger partial charge on any atom is -0.480 e. The van der Waals surface area contributed by atoms with Gasteiger partial charge in [0.2, 0.25) is 5.91 Å². The van der Waals surface area contributed by atoms with Crippen molar-refractivity contribution in [3.63, 3.8) is 0 Å². The van der Waals surface area contributed by atoms with Crippen LogP contribution in [-0.4, -0.2) is 67.3 Å². The smallest absolute Gasteiger partial charge is 0.328 e. The Morgan fingerprint density at radius 3 is 2.68 bits per heavy atom. The van der Waals surface area contributed by atoms with Crippen molar-refractivity contribution < 1.29 is 24.2 Å². The number of rotatable bonds is 5. The number of amides is 3. The van der Waals surface area contributed by atoms with Crippen LogP contribution in [0.4, 0.5) is 4.79 Å². The zero-order valence-corrected chi connectivity index (χ0v) is 11.0. The van der Waals surface area contributed by atoms with Crippen molar-refractivity contribution >= 4 is 17.9 Å². The standard InChI is InChI=1S/C11H19N3O5/c1-12-9(15)8-4-3-5-14(8)11(18)13-7(6-19-2)10(16)17/h7-8H,3-6H2,1-2H3,(H,12,15)(H,13,18)(H,16,17). The first-order chi connectivity index (χ1) is 9.01. The molecular formula is C11H19N3O5. The summed E-state index contributed by atoms with van der Waals surface area (Å²) in [5, 5.41) is 13.8. The molecule has 108 valence electrons. The highest BCUT2D eigenvalue weighted by Crippen LogP contribution is 2.17. The predicted octanol–water partition coefficient (Wildman–Crippen LogP) is -0.994. The first-order valence-corrected chi connectivity index (χ1v) is 6.01. The molecule has 2 atom stereocenters. The fraction of sp³-hybridized carbons (Fsp3) is 0.727. The van der Waals surface area contributed by atoms with Crippen molar-refractivity contribution in [1.29, 1.82) is 0 Å². The van der Waals surface area contributed by atoms with Gasteiger partial charge >= 0.3 is 12.0 Å². The second-order valence-electron chi connectivity index (χ2n) is 4.26. The third-order valence-electron chi connectivity index (χ3n) is 2.99. The average molecular weight is 273 g/mol. The average Bonchev–Trinajstić information content (AvgIpc) is 2.86. The predicted molar refractivity (Wildman–Crippen MR) is 65.6 cm³/mol. The van der Waals surface area contributed by atoms with Crippen LogP contribution in [0, 0.1) is 0 Å². The van der Waals surface area contributed by atoms with E-state index in [0.717, 1.165) is 0 Å². The Balaban J connectivity index is 2.65. The van der Waals surface area contributed by atoms with Gasteiger partial charge in [0.1, 0.15) is 6.04 Å². The number of hydrogen-bond donors (Lipinski definition) is 3. The van der Waals surface area contributed by atoms with Gasteiger partial charge in [-0.2, -0.15) is 0 Å². The van der Waals surface area contributed by atoms with Gasteiger partial charge in [0, 0.05) is 20.7 Å². The summed E-state index contributed by atoms with van der Waals surface area (Å²) in [6.45, 7) is 0.308. The van der Waals surface area contributed by atoms with E-state index in [2.05, 4.69) is 10.6 Å². The maximum absolute atomic E-state index is 12.0. The maximum Gasteiger partial charge on any atom is 0.328 e. The number of carboxylic acid groups (broad SMARTS) is 1. The molecule has 0 aromatic rings. The van der Waals surface area contributed by atoms with Crippen LogP contribution < -0.4 is 10.6 Å². The molecule has 3 N–H and O–H groups in total. The number of ether oxygens (including phenoxy) is 1. The molecular weight excluding hydrogens is 254 g/mol. The number of carboxylic acids is 1. The highest BCUT2D eigenvalue weighted by atomic mass is 16.5. The lowest BCUT2D eigenvalue weighted by Gasteiger charge is -2.25. The number of methoxy groups -OCH3 is 1. The molecule has 0 saturated carbocycles. The minimum atomic E-state index is -1.18. The number of aliphatic carboxylic acids is 1. The zero-order valence-electron chi connectivity index (χ0n) is 11.0. The second-order valence-corrected chi connectivity index (χ2v) is 4.26. The molecule has 0 aromatic heterocycles. The topological polar surface area (TPSA) is 108 Å². The van der Waals surface area contributed by atoms with Crippen LogP contribution in [0.1, 0.15) is 12.8 Å². The molecule has 1 aliphatic rings. The van der Waals surface area contributed by atoms with Gasteiger partial charge in [0.25, 0.3) is 0 Å². The summed E-state index contributed by atoms with van der Waals surface area (Å²) in [5.74, 6) is -1.42. The molecule has 1 heterocycles. The fourth-order valence-electron chi connectivity index (χ4n) is 2.02. The molecule has 8 heteroatoms. The van der Waals surface area contributed by atoms with Crippen LogP contribution in [-0.2, 0) is 14.3 Å². The lowest BCUT2D eigenvalue weighted by molar-refractivity contribution is -0.140. The molecule has 0 spiro atoms. The van der Waals surface area contributed by atoms with Crippen LogP contribution in [0.2, 0.25) is 0 Å². The molecule has 8 nitrogen and oxygen atoms in total. The number of hydrogen-bond acceptors (Lipinski definition) is 4. The van der Waals surface area contributed by atoms with Crippen molar-refractivity contribution in [3.8, 4) is 0 Å². The van der Waals surface area contributed by atoms with Crippen molar-refractivity contribution in [1.82, 2.24) is 15.5 Å². The number of carbonyl (C=O) groups is 3. The quantitative estimate of drug-likeness (QED) is 0.596. The fourth-order valence-corrected chi connectivity index (χ4v) is 2.02. The molecule has 1 aliphatic heterocycles. The van der Waals surface area contributed by atoms with Crippen molar-refractivity contribution in [2.45, 2.75) is 24.9 Å². The minimum absolute atomic E-state index is 0.125. The van der Waals surface area contributed by atoms with Gasteiger partial charge in [0.05, 0.1) is 6.61 Å². The third kappa shape index (κ3) is 3.82. The van der Waals surface area contributed by atoms with Crippen LogP contribution in [0.25, 0.3) is 0 Å². The van der Waals surface area contributed by atoms with E-state index in [1.165, 1.54) is 19.1 Å². The Kier molecular flexibility index (Phi) is 5.56. The Labute approximate surface area is 111 Å². The van der Waals surface area contributed by atoms with E-state index in [-0.39, 0.29) is 12.5 Å². The van der Waals surface area contributed by atoms with Crippen LogP contribution in [0.15, 0.2) is 0 Å². The van der Waals surface area contributed by atoms with Gasteiger partial charge in [-0.3, -0.25) is 4.79 Å². The van der Waals surface area contributed by atoms with E-state index >= 15 is 0 Å². The summed E-state index contributed by atoms with van der Waals surface area (Å²) in [6, 6.07) is -2.22. The van der Waals surface area contributed by atoms with E-state index in [0.29, 0.717) is 19.4 Å². The molecule has 2 unspecified atom stereocenters. The molecule has 1 fully saturated rings. The molecule has 19 heavy (non-hydrogen) atoms. The summed E-state index contributed by atoms with van der Waals surface area (Å²) in [4.78, 5) is 35.9. The number of nitrogens with one attached hydrogen (secondary N) is 2. The summed E-state index contributed by atoms with van der Waals surface area (Å²) >= 11 is 0. The Morgan fingerprint density at radius 1 is 1.47 bits per heavy atom. The van der Waals surface area contributed by atoms with Gasteiger partial charge in [-0.25, -0.2) is 9.59 Å². The molecule has 3 amide bonds. The van der Waals surface area contributed by atoms with Gasteiger partial charge in [0.15, 0.2) is 6.04 Å². The Bertz CT molecular complexity index is 360. The van der Waals surface area contributed by atoms with Gasteiger partial charge in [-0.15, -0.1) is 0 Å². The number of likely N-dealkylation sites (N-methyl/N-ethyl adjacent to an activating group) is 1. The number of nitrogens with zero attached hydrogens (tertiary/aromatic N) is 1. The Hall–Kier alpha value is -1.83. The monoisotopic (exact) mass is 273 g/mol. The first-order valence-electron chi connectivity index (χ1n) is 6.01. The summed E-state index contributed by atoms with van der Waals surface area (Å²) < 4.78 is 4.73. The highest BCUT2D eigenvalue weighted by molar-refractivity contribution is 5.89. The second kappa shape index (κ2) is 6.93. The lowest BCUT2D eigenvalue weighted by atomic mass is 10.2. The maximum atomic E-state index is 12.0. The summed E-state index contributed by atoms with van der Waals surface area (Å²) in [5.41, 5.74) is 0. The summed E-state index contributed by atoms with van der Waals surface area (Å²) in [6.07, 6.45) is 1.29.